The first-order chi connectivity index (χ1) is 11.1. The van der Waals surface area contributed by atoms with Gasteiger partial charge in [-0.15, -0.1) is 0 Å². The molecule has 0 aliphatic carbocycles. The molecule has 0 bridgehead atoms. The van der Waals surface area contributed by atoms with Gasteiger partial charge in [0.2, 0.25) is 0 Å². The fourth-order valence-electron chi connectivity index (χ4n) is 2.56. The Morgan fingerprint density at radius 3 is 2.13 bits per heavy atom. The standard InChI is InChI=1S/C16H21N5O2/c1-12(9-21-6-4-5-17-21)20(10-15-7-13(2)22-18-15)11-16-8-14(3)23-19-16/h4-8,12H,9-11H2,1-3H3. The van der Waals surface area contributed by atoms with Crippen LogP contribution in [0.2, 0.25) is 0 Å². The van der Waals surface area contributed by atoms with E-state index in [9.17, 15) is 0 Å². The third-order valence-corrected chi connectivity index (χ3v) is 3.72. The van der Waals surface area contributed by atoms with Crippen molar-refractivity contribution < 1.29 is 9.05 Å². The van der Waals surface area contributed by atoms with Gasteiger partial charge in [-0.1, -0.05) is 10.3 Å². The van der Waals surface area contributed by atoms with E-state index in [1.165, 1.54) is 0 Å². The summed E-state index contributed by atoms with van der Waals surface area (Å²) in [5.41, 5.74) is 1.82. The third-order valence-electron chi connectivity index (χ3n) is 3.72. The summed E-state index contributed by atoms with van der Waals surface area (Å²) < 4.78 is 12.3. The van der Waals surface area contributed by atoms with Crippen LogP contribution in [-0.4, -0.2) is 31.0 Å². The molecule has 0 aliphatic heterocycles. The van der Waals surface area contributed by atoms with Gasteiger partial charge >= 0.3 is 0 Å². The van der Waals surface area contributed by atoms with Crippen molar-refractivity contribution >= 4 is 0 Å². The van der Waals surface area contributed by atoms with Gasteiger partial charge in [-0.25, -0.2) is 0 Å². The molecule has 23 heavy (non-hydrogen) atoms. The van der Waals surface area contributed by atoms with E-state index >= 15 is 0 Å². The molecule has 0 N–H and O–H groups in total. The van der Waals surface area contributed by atoms with Gasteiger partial charge in [-0.05, 0) is 26.8 Å². The number of hydrogen-bond acceptors (Lipinski definition) is 6. The monoisotopic (exact) mass is 315 g/mol. The average molecular weight is 315 g/mol. The molecule has 3 aromatic heterocycles. The highest BCUT2D eigenvalue weighted by Gasteiger charge is 2.19. The van der Waals surface area contributed by atoms with Crippen LogP contribution in [0, 0.1) is 13.8 Å². The van der Waals surface area contributed by atoms with Crippen LogP contribution in [0.1, 0.15) is 29.8 Å². The van der Waals surface area contributed by atoms with Crippen molar-refractivity contribution in [3.05, 3.63) is 53.5 Å². The molecule has 122 valence electrons. The highest BCUT2D eigenvalue weighted by atomic mass is 16.5. The maximum Gasteiger partial charge on any atom is 0.133 e. The van der Waals surface area contributed by atoms with Crippen LogP contribution in [-0.2, 0) is 19.6 Å². The van der Waals surface area contributed by atoms with Crippen LogP contribution < -0.4 is 0 Å². The Morgan fingerprint density at radius 2 is 1.70 bits per heavy atom. The Kier molecular flexibility index (Phi) is 4.57. The summed E-state index contributed by atoms with van der Waals surface area (Å²) in [6.45, 7) is 8.13. The molecule has 3 heterocycles. The molecule has 1 unspecified atom stereocenters. The Labute approximate surface area is 134 Å². The van der Waals surface area contributed by atoms with Crippen molar-refractivity contribution in [3.8, 4) is 0 Å². The van der Waals surface area contributed by atoms with Crippen molar-refractivity contribution in [1.82, 2.24) is 25.0 Å². The molecule has 7 nitrogen and oxygen atoms in total. The van der Waals surface area contributed by atoms with Crippen molar-refractivity contribution in [3.63, 3.8) is 0 Å². The minimum absolute atomic E-state index is 0.254. The maximum absolute atomic E-state index is 5.18. The summed E-state index contributed by atoms with van der Waals surface area (Å²) in [6.07, 6.45) is 3.76. The summed E-state index contributed by atoms with van der Waals surface area (Å²) in [7, 11) is 0. The SMILES string of the molecule is Cc1cc(CN(Cc2cc(C)on2)C(C)Cn2cccn2)no1. The summed E-state index contributed by atoms with van der Waals surface area (Å²) in [4.78, 5) is 2.29. The van der Waals surface area contributed by atoms with Crippen molar-refractivity contribution in [1.29, 1.82) is 0 Å². The molecule has 3 rings (SSSR count). The summed E-state index contributed by atoms with van der Waals surface area (Å²) >= 11 is 0. The highest BCUT2D eigenvalue weighted by molar-refractivity contribution is 5.06. The lowest BCUT2D eigenvalue weighted by Crippen LogP contribution is -2.35. The minimum atomic E-state index is 0.254. The molecule has 0 radical (unpaired) electrons. The molecule has 3 aromatic rings. The zero-order valence-corrected chi connectivity index (χ0v) is 13.6. The molecule has 0 aliphatic rings. The predicted molar refractivity (Wildman–Crippen MR) is 83.4 cm³/mol. The van der Waals surface area contributed by atoms with Gasteiger partial charge in [0.1, 0.15) is 11.5 Å². The normalized spacial score (nSPS) is 12.9. The number of hydrogen-bond donors (Lipinski definition) is 0. The molecule has 0 saturated heterocycles. The molecule has 7 heteroatoms. The second kappa shape index (κ2) is 6.78. The molecule has 0 fully saturated rings. The van der Waals surface area contributed by atoms with E-state index in [2.05, 4.69) is 27.2 Å². The Bertz CT molecular complexity index is 689. The van der Waals surface area contributed by atoms with E-state index in [0.717, 1.165) is 29.5 Å². The number of rotatable bonds is 7. The number of aryl methyl sites for hydroxylation is 2. The minimum Gasteiger partial charge on any atom is -0.361 e. The van der Waals surface area contributed by atoms with Gasteiger partial charge in [0.25, 0.3) is 0 Å². The summed E-state index contributed by atoms with van der Waals surface area (Å²) in [5.74, 6) is 1.63. The van der Waals surface area contributed by atoms with Crippen molar-refractivity contribution in [2.75, 3.05) is 0 Å². The predicted octanol–water partition coefficient (Wildman–Crippen LogP) is 2.57. The average Bonchev–Trinajstić information content (AvgIpc) is 3.23. The number of aromatic nitrogens is 4. The van der Waals surface area contributed by atoms with Crippen LogP contribution in [0.3, 0.4) is 0 Å². The molecule has 0 aromatic carbocycles. The van der Waals surface area contributed by atoms with Crippen molar-refractivity contribution in [2.24, 2.45) is 0 Å². The lowest BCUT2D eigenvalue weighted by molar-refractivity contribution is 0.161. The van der Waals surface area contributed by atoms with Crippen LogP contribution in [0.4, 0.5) is 0 Å². The fraction of sp³-hybridized carbons (Fsp3) is 0.438. The topological polar surface area (TPSA) is 73.1 Å². The lowest BCUT2D eigenvalue weighted by atomic mass is 10.2. The molecule has 0 spiro atoms. The van der Waals surface area contributed by atoms with E-state index in [4.69, 9.17) is 9.05 Å². The lowest BCUT2D eigenvalue weighted by Gasteiger charge is -2.27. The molecular formula is C16H21N5O2. The third kappa shape index (κ3) is 4.07. The van der Waals surface area contributed by atoms with Gasteiger partial charge in [-0.3, -0.25) is 9.58 Å². The molecule has 0 saturated carbocycles. The largest absolute Gasteiger partial charge is 0.361 e. The van der Waals surface area contributed by atoms with E-state index < -0.39 is 0 Å². The molecule has 1 atom stereocenters. The quantitative estimate of drug-likeness (QED) is 0.667. The van der Waals surface area contributed by atoms with Gasteiger partial charge in [0.05, 0.1) is 17.9 Å². The van der Waals surface area contributed by atoms with Gasteiger partial charge in [0, 0.05) is 43.7 Å². The van der Waals surface area contributed by atoms with E-state index in [0.29, 0.717) is 13.1 Å². The van der Waals surface area contributed by atoms with Gasteiger partial charge < -0.3 is 9.05 Å². The Morgan fingerprint density at radius 1 is 1.09 bits per heavy atom. The second-order valence-electron chi connectivity index (χ2n) is 5.84. The zero-order chi connectivity index (χ0) is 16.2. The summed E-state index contributed by atoms with van der Waals surface area (Å²) in [5, 5.41) is 12.5. The first-order valence-corrected chi connectivity index (χ1v) is 7.66. The smallest absolute Gasteiger partial charge is 0.133 e. The number of nitrogens with zero attached hydrogens (tertiary/aromatic N) is 5. The van der Waals surface area contributed by atoms with Gasteiger partial charge in [-0.2, -0.15) is 5.10 Å². The van der Waals surface area contributed by atoms with E-state index in [-0.39, 0.29) is 6.04 Å². The highest BCUT2D eigenvalue weighted by Crippen LogP contribution is 2.15. The van der Waals surface area contributed by atoms with Crippen molar-refractivity contribution in [2.45, 2.75) is 46.4 Å². The second-order valence-corrected chi connectivity index (χ2v) is 5.84. The first-order valence-electron chi connectivity index (χ1n) is 7.66. The molecule has 0 amide bonds. The van der Waals surface area contributed by atoms with Crippen LogP contribution in [0.5, 0.6) is 0 Å². The first kappa shape index (κ1) is 15.5. The van der Waals surface area contributed by atoms with Crippen LogP contribution in [0.15, 0.2) is 39.6 Å². The Balaban J connectivity index is 1.73. The maximum atomic E-state index is 5.18. The van der Waals surface area contributed by atoms with E-state index in [1.54, 1.807) is 6.20 Å². The van der Waals surface area contributed by atoms with Crippen LogP contribution >= 0.6 is 0 Å². The molecular weight excluding hydrogens is 294 g/mol. The van der Waals surface area contributed by atoms with Crippen LogP contribution in [0.25, 0.3) is 0 Å². The van der Waals surface area contributed by atoms with Gasteiger partial charge in [0.15, 0.2) is 0 Å². The summed E-state index contributed by atoms with van der Waals surface area (Å²) in [6, 6.07) is 6.10. The van der Waals surface area contributed by atoms with E-state index in [1.807, 2.05) is 42.9 Å². The zero-order valence-electron chi connectivity index (χ0n) is 13.6. The Hall–Kier alpha value is -2.41. The fourth-order valence-corrected chi connectivity index (χ4v) is 2.56.